The van der Waals surface area contributed by atoms with E-state index in [4.69, 9.17) is 10.5 Å². The lowest BCUT2D eigenvalue weighted by molar-refractivity contribution is 0.141. The molecule has 0 atom stereocenters. The Morgan fingerprint density at radius 1 is 1.64 bits per heavy atom. The predicted octanol–water partition coefficient (Wildman–Crippen LogP) is 0.422. The van der Waals surface area contributed by atoms with Gasteiger partial charge in [-0.15, -0.1) is 0 Å². The minimum Gasteiger partial charge on any atom is -0.383 e. The van der Waals surface area contributed by atoms with Crippen molar-refractivity contribution in [2.75, 3.05) is 20.3 Å². The number of hydrogen-bond donors (Lipinski definition) is 1. The molecule has 4 nitrogen and oxygen atoms in total. The highest BCUT2D eigenvalue weighted by molar-refractivity contribution is 5.72. The van der Waals surface area contributed by atoms with Gasteiger partial charge in [0, 0.05) is 19.7 Å². The Morgan fingerprint density at radius 2 is 2.18 bits per heavy atom. The number of methoxy groups -OCH3 is 1. The van der Waals surface area contributed by atoms with Crippen LogP contribution < -0.4 is 5.73 Å². The highest BCUT2D eigenvalue weighted by atomic mass is 16.5. The Balaban J connectivity index is 3.80. The first-order valence-corrected chi connectivity index (χ1v) is 3.64. The third-order valence-corrected chi connectivity index (χ3v) is 1.44. The van der Waals surface area contributed by atoms with Crippen molar-refractivity contribution < 1.29 is 9.53 Å². The zero-order valence-corrected chi connectivity index (χ0v) is 7.33. The van der Waals surface area contributed by atoms with Crippen LogP contribution in [0.3, 0.4) is 0 Å². The average molecular weight is 160 g/mol. The van der Waals surface area contributed by atoms with Gasteiger partial charge in [0.15, 0.2) is 0 Å². The number of rotatable bonds is 4. The third kappa shape index (κ3) is 3.83. The van der Waals surface area contributed by atoms with Crippen molar-refractivity contribution in [3.8, 4) is 0 Å². The Bertz CT molecular complexity index is 126. The molecule has 0 aliphatic rings. The zero-order valence-electron chi connectivity index (χ0n) is 7.33. The molecule has 0 aromatic rings. The van der Waals surface area contributed by atoms with Gasteiger partial charge in [-0.25, -0.2) is 4.79 Å². The zero-order chi connectivity index (χ0) is 8.85. The molecule has 0 spiro atoms. The molecule has 0 saturated heterocycles. The predicted molar refractivity (Wildman–Crippen MR) is 43.3 cm³/mol. The van der Waals surface area contributed by atoms with E-state index in [-0.39, 0.29) is 6.04 Å². The van der Waals surface area contributed by atoms with Crippen LogP contribution in [-0.2, 0) is 4.74 Å². The number of amides is 2. The summed E-state index contributed by atoms with van der Waals surface area (Å²) in [5.74, 6) is 0. The van der Waals surface area contributed by atoms with Crippen LogP contribution in [0.5, 0.6) is 0 Å². The molecule has 0 bridgehead atoms. The quantitative estimate of drug-likeness (QED) is 0.648. The van der Waals surface area contributed by atoms with Gasteiger partial charge in [0.2, 0.25) is 0 Å². The monoisotopic (exact) mass is 160 g/mol. The van der Waals surface area contributed by atoms with Gasteiger partial charge in [0.1, 0.15) is 0 Å². The number of nitrogens with two attached hydrogens (primary N) is 1. The maximum atomic E-state index is 10.7. The standard InChI is InChI=1S/C7H16N2O2/c1-6(2)9(7(8)10)4-5-11-3/h6H,4-5H2,1-3H3,(H2,8,10). The van der Waals surface area contributed by atoms with Crippen LogP contribution in [0.2, 0.25) is 0 Å². The highest BCUT2D eigenvalue weighted by Crippen LogP contribution is 1.96. The second-order valence-corrected chi connectivity index (χ2v) is 2.62. The van der Waals surface area contributed by atoms with Crippen molar-refractivity contribution in [1.29, 1.82) is 0 Å². The molecule has 0 rings (SSSR count). The molecule has 11 heavy (non-hydrogen) atoms. The number of primary amides is 1. The van der Waals surface area contributed by atoms with Gasteiger partial charge in [-0.2, -0.15) is 0 Å². The number of ether oxygens (including phenoxy) is 1. The fourth-order valence-electron chi connectivity index (χ4n) is 0.813. The topological polar surface area (TPSA) is 55.6 Å². The van der Waals surface area contributed by atoms with Crippen LogP contribution >= 0.6 is 0 Å². The van der Waals surface area contributed by atoms with E-state index in [0.29, 0.717) is 13.2 Å². The van der Waals surface area contributed by atoms with E-state index < -0.39 is 6.03 Å². The van der Waals surface area contributed by atoms with Crippen LogP contribution in [-0.4, -0.2) is 37.2 Å². The Labute approximate surface area is 67.3 Å². The molecule has 0 saturated carbocycles. The van der Waals surface area contributed by atoms with E-state index in [1.807, 2.05) is 13.8 Å². The molecule has 0 aromatic heterocycles. The maximum Gasteiger partial charge on any atom is 0.315 e. The molecule has 0 radical (unpaired) electrons. The molecule has 0 heterocycles. The summed E-state index contributed by atoms with van der Waals surface area (Å²) in [5, 5.41) is 0. The molecule has 0 fully saturated rings. The molecule has 2 amide bonds. The maximum absolute atomic E-state index is 10.7. The Hall–Kier alpha value is -0.770. The summed E-state index contributed by atoms with van der Waals surface area (Å²) >= 11 is 0. The molecular weight excluding hydrogens is 144 g/mol. The number of nitrogens with zero attached hydrogens (tertiary/aromatic N) is 1. The number of carbonyl (C=O) groups excluding carboxylic acids is 1. The van der Waals surface area contributed by atoms with E-state index in [2.05, 4.69) is 0 Å². The third-order valence-electron chi connectivity index (χ3n) is 1.44. The van der Waals surface area contributed by atoms with Crippen LogP contribution in [0.25, 0.3) is 0 Å². The molecule has 4 heteroatoms. The van der Waals surface area contributed by atoms with Crippen molar-refractivity contribution in [3.63, 3.8) is 0 Å². The number of hydrogen-bond acceptors (Lipinski definition) is 2. The van der Waals surface area contributed by atoms with Crippen LogP contribution in [0.1, 0.15) is 13.8 Å². The largest absolute Gasteiger partial charge is 0.383 e. The van der Waals surface area contributed by atoms with Crippen molar-refractivity contribution in [1.82, 2.24) is 4.90 Å². The molecule has 2 N–H and O–H groups in total. The summed E-state index contributed by atoms with van der Waals surface area (Å²) in [6.45, 7) is 4.92. The number of urea groups is 1. The fraction of sp³-hybridized carbons (Fsp3) is 0.857. The van der Waals surface area contributed by atoms with Gasteiger partial charge in [0.05, 0.1) is 6.61 Å². The summed E-state index contributed by atoms with van der Waals surface area (Å²) < 4.78 is 4.82. The van der Waals surface area contributed by atoms with E-state index in [9.17, 15) is 4.79 Å². The highest BCUT2D eigenvalue weighted by Gasteiger charge is 2.11. The molecule has 0 aliphatic carbocycles. The smallest absolute Gasteiger partial charge is 0.315 e. The van der Waals surface area contributed by atoms with Crippen LogP contribution in [0.4, 0.5) is 4.79 Å². The van der Waals surface area contributed by atoms with E-state index in [1.54, 1.807) is 12.0 Å². The van der Waals surface area contributed by atoms with Gasteiger partial charge in [0.25, 0.3) is 0 Å². The van der Waals surface area contributed by atoms with E-state index in [0.717, 1.165) is 0 Å². The normalized spacial score (nSPS) is 10.2. The summed E-state index contributed by atoms with van der Waals surface area (Å²) in [5.41, 5.74) is 5.11. The Kier molecular flexibility index (Phi) is 4.61. The molecule has 66 valence electrons. The van der Waals surface area contributed by atoms with Gasteiger partial charge in [-0.3, -0.25) is 0 Å². The average Bonchev–Trinajstić information content (AvgIpc) is 1.87. The lowest BCUT2D eigenvalue weighted by Crippen LogP contribution is -2.42. The first-order valence-electron chi connectivity index (χ1n) is 3.64. The van der Waals surface area contributed by atoms with E-state index in [1.165, 1.54) is 0 Å². The van der Waals surface area contributed by atoms with Gasteiger partial charge >= 0.3 is 6.03 Å². The Morgan fingerprint density at radius 3 is 2.45 bits per heavy atom. The van der Waals surface area contributed by atoms with Gasteiger partial charge in [-0.1, -0.05) is 0 Å². The van der Waals surface area contributed by atoms with Crippen LogP contribution in [0.15, 0.2) is 0 Å². The summed E-state index contributed by atoms with van der Waals surface area (Å²) in [6, 6.07) is -0.250. The first-order chi connectivity index (χ1) is 5.09. The van der Waals surface area contributed by atoms with E-state index >= 15 is 0 Å². The van der Waals surface area contributed by atoms with Crippen LogP contribution in [0, 0.1) is 0 Å². The molecule has 0 unspecified atom stereocenters. The van der Waals surface area contributed by atoms with Crippen molar-refractivity contribution in [2.45, 2.75) is 19.9 Å². The molecule has 0 aliphatic heterocycles. The van der Waals surface area contributed by atoms with Crippen molar-refractivity contribution in [3.05, 3.63) is 0 Å². The second-order valence-electron chi connectivity index (χ2n) is 2.62. The SMILES string of the molecule is COCCN(C(N)=O)C(C)C. The second kappa shape index (κ2) is 4.96. The minimum atomic E-state index is -0.392. The van der Waals surface area contributed by atoms with Gasteiger partial charge in [-0.05, 0) is 13.8 Å². The lowest BCUT2D eigenvalue weighted by atomic mass is 10.3. The molecule has 0 aromatic carbocycles. The van der Waals surface area contributed by atoms with Crippen molar-refractivity contribution >= 4 is 6.03 Å². The van der Waals surface area contributed by atoms with Gasteiger partial charge < -0.3 is 15.4 Å². The summed E-state index contributed by atoms with van der Waals surface area (Å²) in [6.07, 6.45) is 0. The minimum absolute atomic E-state index is 0.141. The van der Waals surface area contributed by atoms with Crippen molar-refractivity contribution in [2.24, 2.45) is 5.73 Å². The first kappa shape index (κ1) is 10.2. The number of carbonyl (C=O) groups is 1. The summed E-state index contributed by atoms with van der Waals surface area (Å²) in [4.78, 5) is 12.3. The molecular formula is C7H16N2O2. The fourth-order valence-corrected chi connectivity index (χ4v) is 0.813. The summed E-state index contributed by atoms with van der Waals surface area (Å²) in [7, 11) is 1.60. The lowest BCUT2D eigenvalue weighted by Gasteiger charge is -2.23.